The summed E-state index contributed by atoms with van der Waals surface area (Å²) < 4.78 is 66.2. The molecule has 0 heterocycles. The summed E-state index contributed by atoms with van der Waals surface area (Å²) in [7, 11) is -4.11. The number of rotatable bonds is 5. The number of para-hydroxylation sites is 1. The Kier molecular flexibility index (Phi) is 6.04. The number of hydrogen-bond donors (Lipinski definition) is 2. The van der Waals surface area contributed by atoms with Crippen LogP contribution >= 0.6 is 11.6 Å². The maximum atomic E-state index is 12.8. The number of hydrogen-bond acceptors (Lipinski definition) is 3. The van der Waals surface area contributed by atoms with Gasteiger partial charge in [0.2, 0.25) is 0 Å². The van der Waals surface area contributed by atoms with Crippen molar-refractivity contribution in [2.24, 2.45) is 0 Å². The molecule has 3 aromatic rings. The highest BCUT2D eigenvalue weighted by molar-refractivity contribution is 7.92. The summed E-state index contributed by atoms with van der Waals surface area (Å²) in [6, 6.07) is 15.7. The summed E-state index contributed by atoms with van der Waals surface area (Å²) >= 11 is 6.01. The first kappa shape index (κ1) is 21.7. The third-order valence-electron chi connectivity index (χ3n) is 3.96. The normalized spacial score (nSPS) is 11.7. The predicted octanol–water partition coefficient (Wildman–Crippen LogP) is 5.41. The van der Waals surface area contributed by atoms with Gasteiger partial charge in [-0.15, -0.1) is 0 Å². The Hall–Kier alpha value is -3.04. The van der Waals surface area contributed by atoms with Gasteiger partial charge in [0.05, 0.1) is 10.6 Å². The Morgan fingerprint density at radius 2 is 1.53 bits per heavy atom. The molecule has 5 nitrogen and oxygen atoms in total. The number of anilines is 2. The molecule has 0 fully saturated rings. The Bertz CT molecular complexity index is 1180. The van der Waals surface area contributed by atoms with Crippen LogP contribution in [0.25, 0.3) is 0 Å². The van der Waals surface area contributed by atoms with Gasteiger partial charge in [0.15, 0.2) is 0 Å². The monoisotopic (exact) mass is 454 g/mol. The maximum Gasteiger partial charge on any atom is 0.416 e. The SMILES string of the molecule is O=C(Nc1cccc(C(F)(F)F)c1)c1ccc(Cl)c(S(=O)(=O)Nc2ccccc2)c1. The number of alkyl halides is 3. The van der Waals surface area contributed by atoms with Crippen LogP contribution in [0.5, 0.6) is 0 Å². The average Bonchev–Trinajstić information content (AvgIpc) is 2.68. The van der Waals surface area contributed by atoms with Gasteiger partial charge in [-0.3, -0.25) is 9.52 Å². The minimum Gasteiger partial charge on any atom is -0.322 e. The molecule has 0 aliphatic carbocycles. The molecule has 2 N–H and O–H groups in total. The zero-order chi connectivity index (χ0) is 21.9. The van der Waals surface area contributed by atoms with Crippen molar-refractivity contribution in [1.82, 2.24) is 0 Å². The highest BCUT2D eigenvalue weighted by Crippen LogP contribution is 2.31. The van der Waals surface area contributed by atoms with Crippen molar-refractivity contribution >= 4 is 38.9 Å². The topological polar surface area (TPSA) is 75.3 Å². The molecule has 0 atom stereocenters. The predicted molar refractivity (Wildman–Crippen MR) is 108 cm³/mol. The van der Waals surface area contributed by atoms with E-state index in [1.54, 1.807) is 18.2 Å². The van der Waals surface area contributed by atoms with Crippen LogP contribution in [0.3, 0.4) is 0 Å². The van der Waals surface area contributed by atoms with Gasteiger partial charge < -0.3 is 5.32 Å². The molecule has 0 saturated heterocycles. The van der Waals surface area contributed by atoms with E-state index in [2.05, 4.69) is 10.0 Å². The summed E-state index contributed by atoms with van der Waals surface area (Å²) in [4.78, 5) is 12.1. The minimum absolute atomic E-state index is 0.0865. The van der Waals surface area contributed by atoms with Gasteiger partial charge >= 0.3 is 6.18 Å². The van der Waals surface area contributed by atoms with Crippen molar-refractivity contribution in [3.8, 4) is 0 Å². The zero-order valence-electron chi connectivity index (χ0n) is 15.1. The van der Waals surface area contributed by atoms with Crippen molar-refractivity contribution in [2.75, 3.05) is 10.0 Å². The van der Waals surface area contributed by atoms with Crippen LogP contribution < -0.4 is 10.0 Å². The zero-order valence-corrected chi connectivity index (χ0v) is 16.6. The second-order valence-electron chi connectivity index (χ2n) is 6.15. The highest BCUT2D eigenvalue weighted by atomic mass is 35.5. The molecule has 3 rings (SSSR count). The highest BCUT2D eigenvalue weighted by Gasteiger charge is 2.30. The van der Waals surface area contributed by atoms with Crippen molar-refractivity contribution < 1.29 is 26.4 Å². The molecule has 0 radical (unpaired) electrons. The van der Waals surface area contributed by atoms with Gasteiger partial charge in [0.25, 0.3) is 15.9 Å². The number of carbonyl (C=O) groups is 1. The van der Waals surface area contributed by atoms with Crippen LogP contribution in [0, 0.1) is 0 Å². The van der Waals surface area contributed by atoms with E-state index in [4.69, 9.17) is 11.6 Å². The Morgan fingerprint density at radius 3 is 2.20 bits per heavy atom. The number of sulfonamides is 1. The molecule has 0 aliphatic rings. The van der Waals surface area contributed by atoms with Crippen LogP contribution in [0.2, 0.25) is 5.02 Å². The number of nitrogens with one attached hydrogen (secondary N) is 2. The third-order valence-corrected chi connectivity index (χ3v) is 5.82. The lowest BCUT2D eigenvalue weighted by molar-refractivity contribution is -0.137. The lowest BCUT2D eigenvalue weighted by Crippen LogP contribution is -2.16. The molecule has 0 bridgehead atoms. The molecular formula is C20H14ClF3N2O3S. The van der Waals surface area contributed by atoms with Crippen molar-refractivity contribution in [3.63, 3.8) is 0 Å². The third kappa shape index (κ3) is 5.11. The first-order valence-corrected chi connectivity index (χ1v) is 10.3. The molecule has 0 aliphatic heterocycles. The molecule has 0 unspecified atom stereocenters. The summed E-state index contributed by atoms with van der Waals surface area (Å²) in [5, 5.41) is 2.20. The van der Waals surface area contributed by atoms with E-state index in [1.807, 2.05) is 0 Å². The molecule has 1 amide bonds. The van der Waals surface area contributed by atoms with E-state index < -0.39 is 27.7 Å². The molecule has 0 aromatic heterocycles. The standard InChI is InChI=1S/C20H14ClF3N2O3S/c21-17-10-9-13(11-18(17)30(28,29)26-15-6-2-1-3-7-15)19(27)25-16-8-4-5-14(12-16)20(22,23)24/h1-12,26H,(H,25,27). The van der Waals surface area contributed by atoms with Crippen LogP contribution in [-0.2, 0) is 16.2 Å². The lowest BCUT2D eigenvalue weighted by Gasteiger charge is -2.12. The molecule has 10 heteroatoms. The van der Waals surface area contributed by atoms with E-state index in [-0.39, 0.29) is 21.2 Å². The van der Waals surface area contributed by atoms with E-state index in [0.29, 0.717) is 5.69 Å². The first-order valence-electron chi connectivity index (χ1n) is 8.42. The van der Waals surface area contributed by atoms with Crippen molar-refractivity contribution in [3.05, 3.63) is 88.9 Å². The summed E-state index contributed by atoms with van der Waals surface area (Å²) in [5.74, 6) is -0.790. The van der Waals surface area contributed by atoms with Gasteiger partial charge in [-0.2, -0.15) is 13.2 Å². The van der Waals surface area contributed by atoms with E-state index >= 15 is 0 Å². The van der Waals surface area contributed by atoms with E-state index in [1.165, 1.54) is 30.3 Å². The van der Waals surface area contributed by atoms with Crippen LogP contribution in [0.4, 0.5) is 24.5 Å². The largest absolute Gasteiger partial charge is 0.416 e. The average molecular weight is 455 g/mol. The van der Waals surface area contributed by atoms with Crippen LogP contribution in [-0.4, -0.2) is 14.3 Å². The van der Waals surface area contributed by atoms with Crippen LogP contribution in [0.15, 0.2) is 77.7 Å². The van der Waals surface area contributed by atoms with Gasteiger partial charge in [-0.05, 0) is 48.5 Å². The molecule has 156 valence electrons. The minimum atomic E-state index is -4.56. The summed E-state index contributed by atoms with van der Waals surface area (Å²) in [5.41, 5.74) is -0.805. The Balaban J connectivity index is 1.87. The smallest absolute Gasteiger partial charge is 0.322 e. The van der Waals surface area contributed by atoms with Gasteiger partial charge in [0, 0.05) is 16.9 Å². The number of amides is 1. The fraction of sp³-hybridized carbons (Fsp3) is 0.0500. The maximum absolute atomic E-state index is 12.8. The Morgan fingerprint density at radius 1 is 0.867 bits per heavy atom. The summed E-state index contributed by atoms with van der Waals surface area (Å²) in [6.45, 7) is 0. The Labute approximate surface area is 175 Å². The molecule has 0 spiro atoms. The van der Waals surface area contributed by atoms with Crippen molar-refractivity contribution in [2.45, 2.75) is 11.1 Å². The fourth-order valence-corrected chi connectivity index (χ4v) is 4.13. The quantitative estimate of drug-likeness (QED) is 0.541. The fourth-order valence-electron chi connectivity index (χ4n) is 2.54. The van der Waals surface area contributed by atoms with Gasteiger partial charge in [-0.25, -0.2) is 8.42 Å². The van der Waals surface area contributed by atoms with Crippen molar-refractivity contribution in [1.29, 1.82) is 0 Å². The lowest BCUT2D eigenvalue weighted by atomic mass is 10.1. The molecule has 3 aromatic carbocycles. The molecule has 30 heavy (non-hydrogen) atoms. The molecule has 0 saturated carbocycles. The molecular weight excluding hydrogens is 441 g/mol. The first-order chi connectivity index (χ1) is 14.1. The second-order valence-corrected chi connectivity index (χ2v) is 8.21. The summed E-state index contributed by atoms with van der Waals surface area (Å²) in [6.07, 6.45) is -4.56. The number of halogens is 4. The van der Waals surface area contributed by atoms with E-state index in [9.17, 15) is 26.4 Å². The number of carbonyl (C=O) groups excluding carboxylic acids is 1. The number of benzene rings is 3. The van der Waals surface area contributed by atoms with E-state index in [0.717, 1.165) is 24.3 Å². The second kappa shape index (κ2) is 8.37. The van der Waals surface area contributed by atoms with Crippen LogP contribution in [0.1, 0.15) is 15.9 Å². The van der Waals surface area contributed by atoms with Gasteiger partial charge in [-0.1, -0.05) is 35.9 Å². The van der Waals surface area contributed by atoms with Gasteiger partial charge in [0.1, 0.15) is 4.90 Å².